The van der Waals surface area contributed by atoms with E-state index in [2.05, 4.69) is 0 Å². The summed E-state index contributed by atoms with van der Waals surface area (Å²) in [5, 5.41) is 21.3. The van der Waals surface area contributed by atoms with Crippen LogP contribution in [0, 0.1) is 0 Å². The Morgan fingerprint density at radius 2 is 1.88 bits per heavy atom. The first-order chi connectivity index (χ1) is 11.3. The van der Waals surface area contributed by atoms with E-state index in [9.17, 15) is 28.0 Å². The number of rotatable bonds is 5. The molecular formula is C15H18BF3K2N2O3. The van der Waals surface area contributed by atoms with Crippen molar-refractivity contribution in [1.29, 1.82) is 0 Å². The van der Waals surface area contributed by atoms with E-state index in [-0.39, 0.29) is 127 Å². The third-order valence-corrected chi connectivity index (χ3v) is 4.09. The summed E-state index contributed by atoms with van der Waals surface area (Å²) >= 11 is 0. The number of halogens is 3. The van der Waals surface area contributed by atoms with Crippen LogP contribution >= 0.6 is 0 Å². The minimum Gasteiger partial charge on any atom is -0.892 e. The maximum atomic E-state index is 14.6. The van der Waals surface area contributed by atoms with Crippen LogP contribution in [0.3, 0.4) is 0 Å². The van der Waals surface area contributed by atoms with Gasteiger partial charge in [0.25, 0.3) is 0 Å². The number of carbonyl (C=O) groups is 1. The summed E-state index contributed by atoms with van der Waals surface area (Å²) in [6.07, 6.45) is -3.73. The summed E-state index contributed by atoms with van der Waals surface area (Å²) in [6, 6.07) is 2.73. The van der Waals surface area contributed by atoms with E-state index in [1.54, 1.807) is 37.3 Å². The first-order valence-corrected chi connectivity index (χ1v) is 7.74. The average molecular weight is 420 g/mol. The van der Waals surface area contributed by atoms with Crippen LogP contribution < -0.4 is 118 Å². The van der Waals surface area contributed by atoms with E-state index >= 15 is 0 Å². The number of hydrogen-bond donors (Lipinski definition) is 0. The molecule has 0 saturated carbocycles. The third kappa shape index (κ3) is 6.61. The maximum absolute atomic E-state index is 14.6. The van der Waals surface area contributed by atoms with Crippen molar-refractivity contribution in [3.63, 3.8) is 0 Å². The molecule has 11 heteroatoms. The number of para-hydroxylation sites is 1. The van der Waals surface area contributed by atoms with Crippen molar-refractivity contribution >= 4 is 18.7 Å². The van der Waals surface area contributed by atoms with Gasteiger partial charge < -0.3 is 14.9 Å². The Kier molecular flexibility index (Phi) is 13.2. The van der Waals surface area contributed by atoms with Gasteiger partial charge in [-0.2, -0.15) is 8.78 Å². The molecule has 1 saturated heterocycles. The molecule has 0 bridgehead atoms. The van der Waals surface area contributed by atoms with Crippen molar-refractivity contribution in [2.45, 2.75) is 38.0 Å². The summed E-state index contributed by atoms with van der Waals surface area (Å²) in [5.41, 5.74) is 0.340. The van der Waals surface area contributed by atoms with Crippen molar-refractivity contribution in [3.05, 3.63) is 30.3 Å². The van der Waals surface area contributed by atoms with Gasteiger partial charge in [-0.15, -0.1) is 0 Å². The summed E-state index contributed by atoms with van der Waals surface area (Å²) in [7, 11) is -2.48. The molecule has 0 N–H and O–H groups in total. The van der Waals surface area contributed by atoms with Crippen LogP contribution in [-0.4, -0.2) is 49.2 Å². The van der Waals surface area contributed by atoms with Crippen LogP contribution in [0.4, 0.5) is 18.9 Å². The SMILES string of the molecule is CCC(=O)N(c1ccccc1)C1CCN(CB([O-])[O-])C(F)(F)C1F.[K+].[K+]. The Labute approximate surface area is 236 Å². The second kappa shape index (κ2) is 12.4. The second-order valence-electron chi connectivity index (χ2n) is 5.67. The van der Waals surface area contributed by atoms with E-state index in [1.807, 2.05) is 0 Å². The van der Waals surface area contributed by atoms with Gasteiger partial charge in [0.15, 0.2) is 6.17 Å². The topological polar surface area (TPSA) is 69.7 Å². The summed E-state index contributed by atoms with van der Waals surface area (Å²) < 4.78 is 43.1. The van der Waals surface area contributed by atoms with Gasteiger partial charge in [0.1, 0.15) is 0 Å². The minimum atomic E-state index is -3.98. The molecule has 1 aliphatic heterocycles. The molecule has 0 spiro atoms. The van der Waals surface area contributed by atoms with Crippen LogP contribution in [0.5, 0.6) is 0 Å². The number of likely N-dealkylation sites (tertiary alicyclic amines) is 1. The number of nitrogens with zero attached hydrogens (tertiary/aromatic N) is 2. The zero-order valence-corrected chi connectivity index (χ0v) is 21.4. The normalized spacial score (nSPS) is 21.9. The Balaban J connectivity index is 0.00000312. The average Bonchev–Trinajstić information content (AvgIpc) is 2.55. The molecule has 1 aliphatic rings. The molecule has 2 rings (SSSR count). The van der Waals surface area contributed by atoms with Gasteiger partial charge >= 0.3 is 109 Å². The largest absolute Gasteiger partial charge is 1.00 e. The van der Waals surface area contributed by atoms with Gasteiger partial charge in [0.05, 0.1) is 6.04 Å². The standard InChI is InChI=1S/C15H18BF3N2O3.2K/c1-2-13(22)21(11-6-4-3-5-7-11)12-8-9-20(10-16(23)24)15(18,19)14(12)17;;/h3-7,12,14H,2,8-10H2,1H3;;/q-2;2*+1. The number of alkyl halides is 3. The number of amides is 1. The fourth-order valence-corrected chi connectivity index (χ4v) is 2.92. The number of piperidine rings is 1. The van der Waals surface area contributed by atoms with E-state index in [1.165, 1.54) is 0 Å². The number of carbonyl (C=O) groups excluding carboxylic acids is 1. The second-order valence-corrected chi connectivity index (χ2v) is 5.67. The summed E-state index contributed by atoms with van der Waals surface area (Å²) in [5.74, 6) is -0.469. The fraction of sp³-hybridized carbons (Fsp3) is 0.533. The molecule has 5 nitrogen and oxygen atoms in total. The first-order valence-electron chi connectivity index (χ1n) is 7.74. The molecule has 1 aromatic rings. The Morgan fingerprint density at radius 1 is 1.31 bits per heavy atom. The molecule has 1 amide bonds. The van der Waals surface area contributed by atoms with Crippen LogP contribution in [0.25, 0.3) is 0 Å². The Bertz CT molecular complexity index is 572. The van der Waals surface area contributed by atoms with Crippen molar-refractivity contribution in [1.82, 2.24) is 4.90 Å². The van der Waals surface area contributed by atoms with Gasteiger partial charge in [-0.1, -0.05) is 38.7 Å². The monoisotopic (exact) mass is 420 g/mol. The van der Waals surface area contributed by atoms with Gasteiger partial charge in [0.2, 0.25) is 5.91 Å². The number of anilines is 1. The maximum Gasteiger partial charge on any atom is 1.00 e. The van der Waals surface area contributed by atoms with Gasteiger partial charge in [-0.05, 0) is 18.6 Å². The predicted octanol–water partition coefficient (Wildman–Crippen LogP) is -5.81. The van der Waals surface area contributed by atoms with Gasteiger partial charge in [-0.3, -0.25) is 9.69 Å². The van der Waals surface area contributed by atoms with Gasteiger partial charge in [-0.25, -0.2) is 4.39 Å². The van der Waals surface area contributed by atoms with Crippen LogP contribution in [0.2, 0.25) is 0 Å². The number of hydrogen-bond acceptors (Lipinski definition) is 4. The van der Waals surface area contributed by atoms with Gasteiger partial charge in [0, 0.05) is 18.7 Å². The van der Waals surface area contributed by atoms with Crippen LogP contribution in [0.15, 0.2) is 30.3 Å². The molecule has 0 aliphatic carbocycles. The molecular weight excluding hydrogens is 402 g/mol. The van der Waals surface area contributed by atoms with E-state index in [0.717, 1.165) is 4.90 Å². The molecule has 2 unspecified atom stereocenters. The van der Waals surface area contributed by atoms with Crippen molar-refractivity contribution in [2.75, 3.05) is 17.9 Å². The Morgan fingerprint density at radius 3 is 2.38 bits per heavy atom. The zero-order valence-electron chi connectivity index (χ0n) is 15.2. The molecule has 132 valence electrons. The third-order valence-electron chi connectivity index (χ3n) is 4.09. The molecule has 2 atom stereocenters. The van der Waals surface area contributed by atoms with Crippen molar-refractivity contribution < 1.29 is 131 Å². The molecule has 0 radical (unpaired) electrons. The van der Waals surface area contributed by atoms with E-state index in [0.29, 0.717) is 5.69 Å². The first kappa shape index (κ1) is 27.7. The molecule has 1 fully saturated rings. The van der Waals surface area contributed by atoms with Crippen LogP contribution in [0.1, 0.15) is 19.8 Å². The molecule has 0 aromatic heterocycles. The van der Waals surface area contributed by atoms with Crippen LogP contribution in [-0.2, 0) is 4.79 Å². The van der Waals surface area contributed by atoms with Crippen molar-refractivity contribution in [2.24, 2.45) is 0 Å². The molecule has 1 aromatic carbocycles. The number of benzene rings is 1. The predicted molar refractivity (Wildman–Crippen MR) is 79.8 cm³/mol. The van der Waals surface area contributed by atoms with E-state index in [4.69, 9.17) is 0 Å². The van der Waals surface area contributed by atoms with Crippen molar-refractivity contribution in [3.8, 4) is 0 Å². The van der Waals surface area contributed by atoms with E-state index < -0.39 is 37.7 Å². The fourth-order valence-electron chi connectivity index (χ4n) is 2.92. The minimum absolute atomic E-state index is 0. The summed E-state index contributed by atoms with van der Waals surface area (Å²) in [6.45, 7) is 1.23. The zero-order chi connectivity index (χ0) is 17.9. The molecule has 26 heavy (non-hydrogen) atoms. The smallest absolute Gasteiger partial charge is 0.892 e. The quantitative estimate of drug-likeness (QED) is 0.352. The summed E-state index contributed by atoms with van der Waals surface area (Å²) in [4.78, 5) is 13.6. The Hall–Kier alpha value is 1.70. The molecule has 1 heterocycles.